The van der Waals surface area contributed by atoms with Crippen LogP contribution < -0.4 is 11.3 Å². The zero-order chi connectivity index (χ0) is 15.1. The molecule has 0 spiro atoms. The van der Waals surface area contributed by atoms with E-state index in [0.29, 0.717) is 5.56 Å². The third kappa shape index (κ3) is 2.27. The van der Waals surface area contributed by atoms with E-state index >= 15 is 0 Å². The van der Waals surface area contributed by atoms with Gasteiger partial charge < -0.3 is 10.7 Å². The first-order chi connectivity index (χ1) is 9.97. The molecule has 0 aliphatic rings. The van der Waals surface area contributed by atoms with E-state index < -0.39 is 17.3 Å². The van der Waals surface area contributed by atoms with Gasteiger partial charge in [0, 0.05) is 22.5 Å². The van der Waals surface area contributed by atoms with Gasteiger partial charge in [0.1, 0.15) is 11.5 Å². The number of aromatic nitrogens is 3. The average molecular weight is 353 g/mol. The van der Waals surface area contributed by atoms with Crippen LogP contribution in [0.3, 0.4) is 0 Å². The van der Waals surface area contributed by atoms with Crippen LogP contribution in [0.25, 0.3) is 22.0 Å². The molecule has 2 heterocycles. The normalized spacial score (nSPS) is 11.0. The minimum Gasteiger partial charge on any atom is -0.382 e. The Hall–Kier alpha value is -2.35. The molecule has 2 aromatic heterocycles. The van der Waals surface area contributed by atoms with Crippen LogP contribution in [0.2, 0.25) is 0 Å². The summed E-state index contributed by atoms with van der Waals surface area (Å²) >= 11 is 2.92. The number of rotatable bonds is 1. The Morgan fingerprint density at radius 2 is 1.95 bits per heavy atom. The standard InChI is InChI=1S/C13H7BrF2N4O/c14-10-11(16)20-12(17)9(19-10)5-1-2-6-7(3-5)8(15)4-18-13(6)21/h1-4H,(H2,17,20)(H,18,21). The van der Waals surface area contributed by atoms with Crippen molar-refractivity contribution in [3.8, 4) is 11.3 Å². The number of nitrogens with zero attached hydrogens (tertiary/aromatic N) is 2. The van der Waals surface area contributed by atoms with Gasteiger partial charge in [-0.1, -0.05) is 6.07 Å². The Morgan fingerprint density at radius 3 is 2.71 bits per heavy atom. The summed E-state index contributed by atoms with van der Waals surface area (Å²) in [6, 6.07) is 4.41. The van der Waals surface area contributed by atoms with Crippen LogP contribution in [-0.4, -0.2) is 15.0 Å². The van der Waals surface area contributed by atoms with Crippen molar-refractivity contribution >= 4 is 32.5 Å². The quantitative estimate of drug-likeness (QED) is 0.704. The van der Waals surface area contributed by atoms with Gasteiger partial charge in [0.25, 0.3) is 5.56 Å². The van der Waals surface area contributed by atoms with Crippen LogP contribution >= 0.6 is 15.9 Å². The highest BCUT2D eigenvalue weighted by Crippen LogP contribution is 2.28. The molecule has 3 rings (SSSR count). The van der Waals surface area contributed by atoms with Gasteiger partial charge in [-0.25, -0.2) is 9.37 Å². The Morgan fingerprint density at radius 1 is 1.19 bits per heavy atom. The molecule has 0 atom stereocenters. The van der Waals surface area contributed by atoms with Crippen LogP contribution in [0.1, 0.15) is 0 Å². The summed E-state index contributed by atoms with van der Waals surface area (Å²) in [5.41, 5.74) is 5.86. The third-order valence-corrected chi connectivity index (χ3v) is 3.47. The molecule has 0 saturated carbocycles. The van der Waals surface area contributed by atoms with Gasteiger partial charge in [0.2, 0.25) is 5.95 Å². The minimum atomic E-state index is -0.834. The van der Waals surface area contributed by atoms with E-state index in [1.54, 1.807) is 6.07 Å². The van der Waals surface area contributed by atoms with Crippen LogP contribution in [0.5, 0.6) is 0 Å². The molecule has 106 valence electrons. The van der Waals surface area contributed by atoms with Crippen LogP contribution in [0.4, 0.5) is 14.6 Å². The molecule has 0 radical (unpaired) electrons. The van der Waals surface area contributed by atoms with Gasteiger partial charge in [0.05, 0.1) is 0 Å². The predicted octanol–water partition coefficient (Wildman–Crippen LogP) is 2.61. The van der Waals surface area contributed by atoms with Crippen LogP contribution in [-0.2, 0) is 0 Å². The number of nitrogen functional groups attached to an aromatic ring is 1. The largest absolute Gasteiger partial charge is 0.382 e. The SMILES string of the molecule is Nc1nc(F)c(Br)nc1-c1ccc2c(=O)[nH]cc(F)c2c1. The van der Waals surface area contributed by atoms with Crippen LogP contribution in [0, 0.1) is 11.8 Å². The lowest BCUT2D eigenvalue weighted by Crippen LogP contribution is -2.07. The summed E-state index contributed by atoms with van der Waals surface area (Å²) in [4.78, 5) is 21.4. The first kappa shape index (κ1) is 13.6. The van der Waals surface area contributed by atoms with Crippen molar-refractivity contribution in [2.45, 2.75) is 0 Å². The number of hydrogen-bond acceptors (Lipinski definition) is 4. The summed E-state index contributed by atoms with van der Waals surface area (Å²) in [5.74, 6) is -1.54. The van der Waals surface area contributed by atoms with Gasteiger partial charge in [-0.3, -0.25) is 4.79 Å². The number of hydrogen-bond donors (Lipinski definition) is 2. The van der Waals surface area contributed by atoms with Crippen molar-refractivity contribution in [3.05, 3.63) is 51.1 Å². The van der Waals surface area contributed by atoms with Gasteiger partial charge in [-0.05, 0) is 28.1 Å². The highest BCUT2D eigenvalue weighted by molar-refractivity contribution is 9.10. The second-order valence-corrected chi connectivity index (χ2v) is 5.02. The maximum Gasteiger partial charge on any atom is 0.256 e. The van der Waals surface area contributed by atoms with E-state index in [1.165, 1.54) is 12.1 Å². The van der Waals surface area contributed by atoms with E-state index in [9.17, 15) is 13.6 Å². The lowest BCUT2D eigenvalue weighted by molar-refractivity contribution is 0.571. The zero-order valence-corrected chi connectivity index (χ0v) is 11.9. The summed E-state index contributed by atoms with van der Waals surface area (Å²) in [7, 11) is 0. The number of halogens is 3. The second kappa shape index (κ2) is 4.88. The number of nitrogens with one attached hydrogen (secondary N) is 1. The summed E-state index contributed by atoms with van der Waals surface area (Å²) in [6.07, 6.45) is 0.976. The maximum absolute atomic E-state index is 13.8. The van der Waals surface area contributed by atoms with Gasteiger partial charge >= 0.3 is 0 Å². The van der Waals surface area contributed by atoms with Gasteiger partial charge in [-0.15, -0.1) is 0 Å². The Balaban J connectivity index is 2.29. The van der Waals surface area contributed by atoms with Crippen molar-refractivity contribution in [1.82, 2.24) is 15.0 Å². The van der Waals surface area contributed by atoms with Crippen LogP contribution in [0.15, 0.2) is 33.8 Å². The summed E-state index contributed by atoms with van der Waals surface area (Å²) < 4.78 is 26.9. The third-order valence-electron chi connectivity index (χ3n) is 2.97. The number of benzene rings is 1. The molecule has 0 aliphatic heterocycles. The topological polar surface area (TPSA) is 84.7 Å². The van der Waals surface area contributed by atoms with Gasteiger partial charge in [-0.2, -0.15) is 9.37 Å². The molecule has 3 aromatic rings. The average Bonchev–Trinajstić information content (AvgIpc) is 2.46. The van der Waals surface area contributed by atoms with Crippen molar-refractivity contribution < 1.29 is 8.78 Å². The summed E-state index contributed by atoms with van der Waals surface area (Å²) in [6.45, 7) is 0. The van der Waals surface area contributed by atoms with Crippen molar-refractivity contribution in [1.29, 1.82) is 0 Å². The number of fused-ring (bicyclic) bond motifs is 1. The molecule has 0 bridgehead atoms. The number of aromatic amines is 1. The molecule has 0 unspecified atom stereocenters. The Bertz CT molecular complexity index is 926. The summed E-state index contributed by atoms with van der Waals surface area (Å²) in [5, 5.41) is 0.323. The maximum atomic E-state index is 13.8. The van der Waals surface area contributed by atoms with E-state index in [2.05, 4.69) is 30.9 Å². The van der Waals surface area contributed by atoms with E-state index in [4.69, 9.17) is 5.73 Å². The van der Waals surface area contributed by atoms with E-state index in [1.807, 2.05) is 0 Å². The lowest BCUT2D eigenvalue weighted by Gasteiger charge is -2.07. The monoisotopic (exact) mass is 352 g/mol. The number of nitrogens with two attached hydrogens (primary N) is 1. The molecule has 0 fully saturated rings. The molecule has 0 saturated heterocycles. The molecule has 8 heteroatoms. The Labute approximate surface area is 125 Å². The fourth-order valence-corrected chi connectivity index (χ4v) is 2.26. The van der Waals surface area contributed by atoms with E-state index in [0.717, 1.165) is 6.20 Å². The molecule has 21 heavy (non-hydrogen) atoms. The Kier molecular flexibility index (Phi) is 3.17. The predicted molar refractivity (Wildman–Crippen MR) is 77.6 cm³/mol. The number of H-pyrrole nitrogens is 1. The first-order valence-corrected chi connectivity index (χ1v) is 6.56. The van der Waals surface area contributed by atoms with Crippen molar-refractivity contribution in [2.24, 2.45) is 0 Å². The first-order valence-electron chi connectivity index (χ1n) is 5.77. The fourth-order valence-electron chi connectivity index (χ4n) is 1.99. The lowest BCUT2D eigenvalue weighted by atomic mass is 10.1. The van der Waals surface area contributed by atoms with Crippen molar-refractivity contribution in [2.75, 3.05) is 5.73 Å². The second-order valence-electron chi connectivity index (χ2n) is 4.27. The van der Waals surface area contributed by atoms with Crippen molar-refractivity contribution in [3.63, 3.8) is 0 Å². The molecule has 3 N–H and O–H groups in total. The fraction of sp³-hybridized carbons (Fsp3) is 0. The zero-order valence-electron chi connectivity index (χ0n) is 10.3. The molecule has 0 aliphatic carbocycles. The molecule has 0 amide bonds. The highest BCUT2D eigenvalue weighted by atomic mass is 79.9. The number of anilines is 1. The molecule has 1 aromatic carbocycles. The number of pyridine rings is 1. The molecular weight excluding hydrogens is 346 g/mol. The molecular formula is C13H7BrF2N4O. The highest BCUT2D eigenvalue weighted by Gasteiger charge is 2.13. The van der Waals surface area contributed by atoms with E-state index in [-0.39, 0.29) is 26.9 Å². The minimum absolute atomic E-state index is 0.0989. The smallest absolute Gasteiger partial charge is 0.256 e. The van der Waals surface area contributed by atoms with Gasteiger partial charge in [0.15, 0.2) is 10.4 Å². The molecule has 5 nitrogen and oxygen atoms in total.